The SMILES string of the molecule is COC(=O)c1[nH]cc(CC2CCCCC2)c1N. The average molecular weight is 236 g/mol. The van der Waals surface area contributed by atoms with Gasteiger partial charge in [0.25, 0.3) is 0 Å². The van der Waals surface area contributed by atoms with Crippen molar-refractivity contribution in [3.8, 4) is 0 Å². The van der Waals surface area contributed by atoms with Crippen LogP contribution in [-0.2, 0) is 11.2 Å². The molecule has 0 bridgehead atoms. The van der Waals surface area contributed by atoms with Gasteiger partial charge in [0.1, 0.15) is 5.69 Å². The molecule has 4 heteroatoms. The molecule has 0 atom stereocenters. The number of H-pyrrole nitrogens is 1. The topological polar surface area (TPSA) is 68.1 Å². The highest BCUT2D eigenvalue weighted by Crippen LogP contribution is 2.29. The molecule has 17 heavy (non-hydrogen) atoms. The number of nitrogen functional groups attached to an aromatic ring is 1. The molecule has 0 spiro atoms. The predicted octanol–water partition coefficient (Wildman–Crippen LogP) is 2.51. The number of nitrogens with two attached hydrogens (primary N) is 1. The molecule has 1 fully saturated rings. The van der Waals surface area contributed by atoms with Crippen LogP contribution in [0, 0.1) is 5.92 Å². The third kappa shape index (κ3) is 2.62. The lowest BCUT2D eigenvalue weighted by molar-refractivity contribution is 0.0596. The average Bonchev–Trinajstić information content (AvgIpc) is 2.72. The van der Waals surface area contributed by atoms with Gasteiger partial charge >= 0.3 is 5.97 Å². The van der Waals surface area contributed by atoms with E-state index in [0.717, 1.165) is 12.0 Å². The van der Waals surface area contributed by atoms with Crippen LogP contribution in [0.1, 0.15) is 48.2 Å². The Bertz CT molecular complexity index is 392. The Morgan fingerprint density at radius 1 is 1.47 bits per heavy atom. The summed E-state index contributed by atoms with van der Waals surface area (Å²) in [6.45, 7) is 0. The zero-order valence-electron chi connectivity index (χ0n) is 10.3. The van der Waals surface area contributed by atoms with Gasteiger partial charge in [0.15, 0.2) is 0 Å². The summed E-state index contributed by atoms with van der Waals surface area (Å²) in [5, 5.41) is 0. The first-order valence-electron chi connectivity index (χ1n) is 6.26. The summed E-state index contributed by atoms with van der Waals surface area (Å²) in [5.41, 5.74) is 7.96. The van der Waals surface area contributed by atoms with Crippen molar-refractivity contribution in [2.24, 2.45) is 5.92 Å². The molecule has 3 N–H and O–H groups in total. The number of carbonyl (C=O) groups excluding carboxylic acids is 1. The smallest absolute Gasteiger partial charge is 0.356 e. The molecule has 4 nitrogen and oxygen atoms in total. The third-order valence-electron chi connectivity index (χ3n) is 3.63. The minimum Gasteiger partial charge on any atom is -0.464 e. The first kappa shape index (κ1) is 12.0. The van der Waals surface area contributed by atoms with Crippen LogP contribution in [0.25, 0.3) is 0 Å². The maximum atomic E-state index is 11.4. The number of esters is 1. The molecule has 1 heterocycles. The number of hydrogen-bond acceptors (Lipinski definition) is 3. The van der Waals surface area contributed by atoms with Crippen LogP contribution in [0.4, 0.5) is 5.69 Å². The highest BCUT2D eigenvalue weighted by molar-refractivity contribution is 5.93. The molecular weight excluding hydrogens is 216 g/mol. The first-order chi connectivity index (χ1) is 8.22. The Balaban J connectivity index is 2.06. The Morgan fingerprint density at radius 3 is 2.82 bits per heavy atom. The summed E-state index contributed by atoms with van der Waals surface area (Å²) in [4.78, 5) is 14.3. The number of nitrogens with one attached hydrogen (secondary N) is 1. The minimum atomic E-state index is -0.391. The van der Waals surface area contributed by atoms with E-state index in [2.05, 4.69) is 9.72 Å². The molecule has 0 amide bonds. The monoisotopic (exact) mass is 236 g/mol. The van der Waals surface area contributed by atoms with Crippen LogP contribution in [0.3, 0.4) is 0 Å². The molecule has 1 aliphatic rings. The fourth-order valence-electron chi connectivity index (χ4n) is 2.62. The van der Waals surface area contributed by atoms with Gasteiger partial charge in [0.2, 0.25) is 0 Å². The van der Waals surface area contributed by atoms with Crippen LogP contribution in [-0.4, -0.2) is 18.1 Å². The summed E-state index contributed by atoms with van der Waals surface area (Å²) in [7, 11) is 1.36. The molecule has 0 aromatic carbocycles. The zero-order valence-corrected chi connectivity index (χ0v) is 10.3. The van der Waals surface area contributed by atoms with Gasteiger partial charge in [-0.2, -0.15) is 0 Å². The Labute approximate surface area is 102 Å². The molecule has 2 rings (SSSR count). The number of methoxy groups -OCH3 is 1. The molecule has 1 saturated carbocycles. The van der Waals surface area contributed by atoms with Gasteiger partial charge in [-0.15, -0.1) is 0 Å². The summed E-state index contributed by atoms with van der Waals surface area (Å²) >= 11 is 0. The quantitative estimate of drug-likeness (QED) is 0.792. The number of ether oxygens (including phenoxy) is 1. The largest absolute Gasteiger partial charge is 0.464 e. The van der Waals surface area contributed by atoms with E-state index in [4.69, 9.17) is 5.73 Å². The predicted molar refractivity (Wildman–Crippen MR) is 66.8 cm³/mol. The van der Waals surface area contributed by atoms with E-state index in [1.165, 1.54) is 39.2 Å². The summed E-state index contributed by atoms with van der Waals surface area (Å²) < 4.78 is 4.67. The van der Waals surface area contributed by atoms with Crippen molar-refractivity contribution in [2.75, 3.05) is 12.8 Å². The van der Waals surface area contributed by atoms with Gasteiger partial charge in [0, 0.05) is 6.20 Å². The van der Waals surface area contributed by atoms with Crippen molar-refractivity contribution in [1.29, 1.82) is 0 Å². The van der Waals surface area contributed by atoms with Crippen molar-refractivity contribution >= 4 is 11.7 Å². The minimum absolute atomic E-state index is 0.387. The van der Waals surface area contributed by atoms with Crippen LogP contribution in [0.2, 0.25) is 0 Å². The lowest BCUT2D eigenvalue weighted by Crippen LogP contribution is -2.10. The fraction of sp³-hybridized carbons (Fsp3) is 0.615. The van der Waals surface area contributed by atoms with Gasteiger partial charge in [-0.05, 0) is 17.9 Å². The van der Waals surface area contributed by atoms with E-state index in [0.29, 0.717) is 17.3 Å². The standard InChI is InChI=1S/C13H20N2O2/c1-17-13(16)12-11(14)10(8-15-12)7-9-5-3-2-4-6-9/h8-9,15H,2-7,14H2,1H3. The molecule has 0 saturated heterocycles. The number of carbonyl (C=O) groups is 1. The van der Waals surface area contributed by atoms with E-state index in [1.54, 1.807) is 0 Å². The van der Waals surface area contributed by atoms with E-state index in [1.807, 2.05) is 6.20 Å². The van der Waals surface area contributed by atoms with Crippen molar-refractivity contribution in [3.05, 3.63) is 17.5 Å². The third-order valence-corrected chi connectivity index (χ3v) is 3.63. The van der Waals surface area contributed by atoms with Gasteiger partial charge < -0.3 is 15.5 Å². The Hall–Kier alpha value is -1.45. The molecule has 1 aromatic rings. The van der Waals surface area contributed by atoms with Gasteiger partial charge in [0.05, 0.1) is 12.8 Å². The van der Waals surface area contributed by atoms with Crippen LogP contribution < -0.4 is 5.73 Å². The summed E-state index contributed by atoms with van der Waals surface area (Å²) in [5.74, 6) is 0.324. The second-order valence-electron chi connectivity index (χ2n) is 4.80. The molecule has 94 valence electrons. The number of aromatic nitrogens is 1. The van der Waals surface area contributed by atoms with Crippen molar-refractivity contribution < 1.29 is 9.53 Å². The lowest BCUT2D eigenvalue weighted by atomic mass is 9.85. The van der Waals surface area contributed by atoms with E-state index in [9.17, 15) is 4.79 Å². The van der Waals surface area contributed by atoms with E-state index >= 15 is 0 Å². The van der Waals surface area contributed by atoms with E-state index in [-0.39, 0.29) is 0 Å². The van der Waals surface area contributed by atoms with Crippen LogP contribution in [0.5, 0.6) is 0 Å². The second-order valence-corrected chi connectivity index (χ2v) is 4.80. The fourth-order valence-corrected chi connectivity index (χ4v) is 2.62. The van der Waals surface area contributed by atoms with Crippen LogP contribution >= 0.6 is 0 Å². The normalized spacial score (nSPS) is 17.0. The Morgan fingerprint density at radius 2 is 2.18 bits per heavy atom. The molecule has 0 radical (unpaired) electrons. The van der Waals surface area contributed by atoms with Crippen molar-refractivity contribution in [2.45, 2.75) is 38.5 Å². The lowest BCUT2D eigenvalue weighted by Gasteiger charge is -2.21. The molecule has 0 aliphatic heterocycles. The summed E-state index contributed by atoms with van der Waals surface area (Å²) in [6.07, 6.45) is 9.36. The highest BCUT2D eigenvalue weighted by atomic mass is 16.5. The van der Waals surface area contributed by atoms with Gasteiger partial charge in [-0.1, -0.05) is 32.1 Å². The molecular formula is C13H20N2O2. The first-order valence-corrected chi connectivity index (χ1v) is 6.26. The van der Waals surface area contributed by atoms with Gasteiger partial charge in [-0.3, -0.25) is 0 Å². The highest BCUT2D eigenvalue weighted by Gasteiger charge is 2.19. The van der Waals surface area contributed by atoms with Gasteiger partial charge in [-0.25, -0.2) is 4.79 Å². The number of rotatable bonds is 3. The molecule has 1 aliphatic carbocycles. The number of aromatic amines is 1. The molecule has 0 unspecified atom stereocenters. The molecule has 1 aromatic heterocycles. The maximum Gasteiger partial charge on any atom is 0.356 e. The van der Waals surface area contributed by atoms with Crippen LogP contribution in [0.15, 0.2) is 6.20 Å². The Kier molecular flexibility index (Phi) is 3.71. The van der Waals surface area contributed by atoms with Crippen molar-refractivity contribution in [3.63, 3.8) is 0 Å². The maximum absolute atomic E-state index is 11.4. The second kappa shape index (κ2) is 5.25. The number of hydrogen-bond donors (Lipinski definition) is 2. The summed E-state index contributed by atoms with van der Waals surface area (Å²) in [6, 6.07) is 0. The zero-order chi connectivity index (χ0) is 12.3. The van der Waals surface area contributed by atoms with E-state index < -0.39 is 5.97 Å². The van der Waals surface area contributed by atoms with Crippen molar-refractivity contribution in [1.82, 2.24) is 4.98 Å². The number of anilines is 1.